The van der Waals surface area contributed by atoms with Crippen molar-refractivity contribution in [1.29, 1.82) is 0 Å². The van der Waals surface area contributed by atoms with Crippen molar-refractivity contribution in [3.05, 3.63) is 24.3 Å². The predicted molar refractivity (Wildman–Crippen MR) is 69.2 cm³/mol. The average Bonchev–Trinajstić information content (AvgIpc) is 2.30. The number of benzene rings is 1. The Bertz CT molecular complexity index is 361. The van der Waals surface area contributed by atoms with E-state index >= 15 is 0 Å². The highest BCUT2D eigenvalue weighted by Gasteiger charge is 2.10. The Kier molecular flexibility index (Phi) is 4.60. The van der Waals surface area contributed by atoms with E-state index in [-0.39, 0.29) is 0 Å². The van der Waals surface area contributed by atoms with Gasteiger partial charge < -0.3 is 11.1 Å². The molecule has 5 N–H and O–H groups in total. The molecule has 0 aromatic heterocycles. The summed E-state index contributed by atoms with van der Waals surface area (Å²) in [6.07, 6.45) is 1.01. The van der Waals surface area contributed by atoms with E-state index in [9.17, 15) is 0 Å². The molecular weight excluding hydrogens is 202 g/mol. The van der Waals surface area contributed by atoms with Gasteiger partial charge in [-0.3, -0.25) is 4.99 Å². The third-order valence-corrected chi connectivity index (χ3v) is 2.17. The first-order chi connectivity index (χ1) is 7.70. The van der Waals surface area contributed by atoms with Gasteiger partial charge in [0.25, 0.3) is 0 Å². The number of para-hydroxylation sites is 2. The van der Waals surface area contributed by atoms with E-state index in [4.69, 9.17) is 11.6 Å². The van der Waals surface area contributed by atoms with Crippen LogP contribution >= 0.6 is 0 Å². The first-order valence-electron chi connectivity index (χ1n) is 5.30. The molecule has 0 spiro atoms. The number of anilines is 2. The van der Waals surface area contributed by atoms with Crippen molar-refractivity contribution in [3.63, 3.8) is 0 Å². The van der Waals surface area contributed by atoms with E-state index in [2.05, 4.69) is 17.2 Å². The zero-order valence-corrected chi connectivity index (χ0v) is 9.77. The quantitative estimate of drug-likeness (QED) is 0.233. The fourth-order valence-electron chi connectivity index (χ4n) is 1.33. The van der Waals surface area contributed by atoms with Gasteiger partial charge in [0.1, 0.15) is 0 Å². The van der Waals surface area contributed by atoms with Gasteiger partial charge in [-0.25, -0.2) is 10.9 Å². The van der Waals surface area contributed by atoms with E-state index in [0.29, 0.717) is 11.6 Å². The molecule has 5 heteroatoms. The van der Waals surface area contributed by atoms with Crippen molar-refractivity contribution >= 4 is 17.3 Å². The molecule has 1 aromatic rings. The molecule has 0 aliphatic rings. The minimum absolute atomic E-state index is 0.611. The maximum absolute atomic E-state index is 5.95. The zero-order valence-electron chi connectivity index (χ0n) is 9.77. The summed E-state index contributed by atoms with van der Waals surface area (Å²) in [5.41, 5.74) is 7.21. The van der Waals surface area contributed by atoms with Gasteiger partial charge in [-0.1, -0.05) is 19.1 Å². The van der Waals surface area contributed by atoms with E-state index in [1.807, 2.05) is 24.3 Å². The Morgan fingerprint density at radius 3 is 2.69 bits per heavy atom. The van der Waals surface area contributed by atoms with Crippen LogP contribution in [0, 0.1) is 0 Å². The number of hydrazine groups is 1. The summed E-state index contributed by atoms with van der Waals surface area (Å²) in [5.74, 6) is 6.56. The van der Waals surface area contributed by atoms with Crippen LogP contribution in [0.15, 0.2) is 29.3 Å². The Hall–Kier alpha value is -1.75. The van der Waals surface area contributed by atoms with Crippen molar-refractivity contribution in [2.45, 2.75) is 13.3 Å². The van der Waals surface area contributed by atoms with Crippen LogP contribution in [0.1, 0.15) is 13.3 Å². The molecule has 0 saturated heterocycles. The monoisotopic (exact) mass is 221 g/mol. The Morgan fingerprint density at radius 1 is 1.44 bits per heavy atom. The van der Waals surface area contributed by atoms with Crippen LogP contribution in [-0.2, 0) is 0 Å². The lowest BCUT2D eigenvalue weighted by Crippen LogP contribution is -2.46. The predicted octanol–water partition coefficient (Wildman–Crippen LogP) is 0.934. The third-order valence-electron chi connectivity index (χ3n) is 2.17. The molecule has 0 bridgehead atoms. The second-order valence-electron chi connectivity index (χ2n) is 3.40. The molecule has 0 radical (unpaired) electrons. The summed E-state index contributed by atoms with van der Waals surface area (Å²) >= 11 is 0. The number of hydrogen-bond donors (Lipinski definition) is 3. The number of aliphatic imine (C=N–C) groups is 1. The molecule has 5 nitrogen and oxygen atoms in total. The van der Waals surface area contributed by atoms with Gasteiger partial charge in [0.2, 0.25) is 5.96 Å². The fraction of sp³-hybridized carbons (Fsp3) is 0.364. The maximum atomic E-state index is 5.95. The molecule has 0 heterocycles. The van der Waals surface area contributed by atoms with E-state index in [1.54, 1.807) is 7.05 Å². The summed E-state index contributed by atoms with van der Waals surface area (Å²) in [6, 6.07) is 7.42. The highest BCUT2D eigenvalue weighted by Crippen LogP contribution is 2.19. The molecule has 1 rings (SSSR count). The van der Waals surface area contributed by atoms with E-state index < -0.39 is 0 Å². The van der Waals surface area contributed by atoms with E-state index in [1.165, 1.54) is 5.01 Å². The topological polar surface area (TPSA) is 79.7 Å². The molecule has 88 valence electrons. The molecule has 0 unspecified atom stereocenters. The van der Waals surface area contributed by atoms with Crippen LogP contribution in [0.3, 0.4) is 0 Å². The summed E-state index contributed by atoms with van der Waals surface area (Å²) in [7, 11) is 1.69. The Balaban J connectivity index is 2.83. The Labute approximate surface area is 96.1 Å². The number of hydrogen-bond acceptors (Lipinski definition) is 3. The first kappa shape index (κ1) is 12.3. The van der Waals surface area contributed by atoms with Gasteiger partial charge in [-0.2, -0.15) is 0 Å². The maximum Gasteiger partial charge on any atom is 0.213 e. The van der Waals surface area contributed by atoms with Crippen molar-refractivity contribution in [1.82, 2.24) is 5.32 Å². The van der Waals surface area contributed by atoms with Crippen LogP contribution in [0.5, 0.6) is 0 Å². The Morgan fingerprint density at radius 2 is 2.12 bits per heavy atom. The molecule has 0 aliphatic carbocycles. The lowest BCUT2D eigenvalue weighted by atomic mass is 10.2. The molecule has 0 fully saturated rings. The fourth-order valence-corrected chi connectivity index (χ4v) is 1.33. The lowest BCUT2D eigenvalue weighted by molar-refractivity contribution is 0.818. The molecule has 0 atom stereocenters. The molecule has 0 amide bonds. The van der Waals surface area contributed by atoms with Crippen LogP contribution in [0.4, 0.5) is 11.4 Å². The van der Waals surface area contributed by atoms with Crippen LogP contribution < -0.4 is 21.9 Å². The summed E-state index contributed by atoms with van der Waals surface area (Å²) in [6.45, 7) is 2.91. The third kappa shape index (κ3) is 2.87. The SMILES string of the molecule is CCCNC(=NC)N(N)c1ccccc1N. The number of nitrogens with two attached hydrogens (primary N) is 2. The average molecular weight is 221 g/mol. The first-order valence-corrected chi connectivity index (χ1v) is 5.30. The highest BCUT2D eigenvalue weighted by atomic mass is 15.5. The summed E-state index contributed by atoms with van der Waals surface area (Å²) in [5, 5.41) is 4.60. The lowest BCUT2D eigenvalue weighted by Gasteiger charge is -2.22. The molecule has 0 aliphatic heterocycles. The van der Waals surface area contributed by atoms with Gasteiger partial charge >= 0.3 is 0 Å². The second kappa shape index (κ2) is 5.97. The highest BCUT2D eigenvalue weighted by molar-refractivity contribution is 5.97. The van der Waals surface area contributed by atoms with Crippen LogP contribution in [0.2, 0.25) is 0 Å². The van der Waals surface area contributed by atoms with Gasteiger partial charge in [-0.15, -0.1) is 0 Å². The van der Waals surface area contributed by atoms with Gasteiger partial charge in [0, 0.05) is 13.6 Å². The summed E-state index contributed by atoms with van der Waals surface area (Å²) < 4.78 is 0. The molecule has 0 saturated carbocycles. The number of guanidine groups is 1. The standard InChI is InChI=1S/C11H19N5/c1-3-8-15-11(14-2)16(13)10-7-5-4-6-9(10)12/h4-7H,3,8,12-13H2,1-2H3,(H,14,15). The zero-order chi connectivity index (χ0) is 12.0. The van der Waals surface area contributed by atoms with Crippen molar-refractivity contribution in [3.8, 4) is 0 Å². The molecule has 1 aromatic carbocycles. The van der Waals surface area contributed by atoms with Crippen molar-refractivity contribution in [2.75, 3.05) is 24.3 Å². The van der Waals surface area contributed by atoms with Gasteiger partial charge in [0.05, 0.1) is 11.4 Å². The largest absolute Gasteiger partial charge is 0.397 e. The molecule has 16 heavy (non-hydrogen) atoms. The van der Waals surface area contributed by atoms with Gasteiger partial charge in [-0.05, 0) is 18.6 Å². The summed E-state index contributed by atoms with van der Waals surface area (Å²) in [4.78, 5) is 4.09. The number of rotatable bonds is 3. The normalized spacial score (nSPS) is 11.3. The van der Waals surface area contributed by atoms with E-state index in [0.717, 1.165) is 18.7 Å². The number of nitrogen functional groups attached to an aromatic ring is 1. The number of nitrogens with zero attached hydrogens (tertiary/aromatic N) is 2. The molecular formula is C11H19N5. The smallest absolute Gasteiger partial charge is 0.213 e. The number of nitrogens with one attached hydrogen (secondary N) is 1. The minimum Gasteiger partial charge on any atom is -0.397 e. The van der Waals surface area contributed by atoms with Crippen LogP contribution in [0.25, 0.3) is 0 Å². The van der Waals surface area contributed by atoms with Crippen LogP contribution in [-0.4, -0.2) is 19.6 Å². The van der Waals surface area contributed by atoms with Crippen molar-refractivity contribution in [2.24, 2.45) is 10.8 Å². The second-order valence-corrected chi connectivity index (χ2v) is 3.40. The minimum atomic E-state index is 0.611. The van der Waals surface area contributed by atoms with Crippen molar-refractivity contribution < 1.29 is 0 Å². The van der Waals surface area contributed by atoms with Gasteiger partial charge in [0.15, 0.2) is 0 Å².